The molecule has 0 bridgehead atoms. The zero-order valence-electron chi connectivity index (χ0n) is 18.9. The number of carboxylic acids is 1. The van der Waals surface area contributed by atoms with Crippen LogP contribution in [0.3, 0.4) is 0 Å². The van der Waals surface area contributed by atoms with E-state index < -0.39 is 54.6 Å². The number of methoxy groups -OCH3 is 1. The van der Waals surface area contributed by atoms with Gasteiger partial charge in [0.05, 0.1) is 20.0 Å². The Morgan fingerprint density at radius 1 is 1.09 bits per heavy atom. The van der Waals surface area contributed by atoms with E-state index in [1.807, 2.05) is 13.0 Å². The molecular formula is C22H30N2O8. The number of amides is 2. The summed E-state index contributed by atoms with van der Waals surface area (Å²) in [6.45, 7) is 5.71. The summed E-state index contributed by atoms with van der Waals surface area (Å²) in [7, 11) is 1.49. The molecule has 0 heterocycles. The van der Waals surface area contributed by atoms with E-state index in [0.717, 1.165) is 12.5 Å². The van der Waals surface area contributed by atoms with Gasteiger partial charge in [-0.05, 0) is 18.9 Å². The Hall–Kier alpha value is -3.43. The minimum Gasteiger partial charge on any atom is -0.496 e. The molecule has 176 valence electrons. The van der Waals surface area contributed by atoms with Crippen LogP contribution in [0.5, 0.6) is 5.75 Å². The molecule has 3 N–H and O–H groups in total. The average Bonchev–Trinajstić information content (AvgIpc) is 2.69. The lowest BCUT2D eigenvalue weighted by Crippen LogP contribution is -2.54. The number of carbonyl (C=O) groups excluding carboxylic acids is 4. The molecule has 32 heavy (non-hydrogen) atoms. The van der Waals surface area contributed by atoms with E-state index >= 15 is 0 Å². The minimum absolute atomic E-state index is 0.0364. The quantitative estimate of drug-likeness (QED) is 0.396. The number of hydrogen-bond acceptors (Lipinski definition) is 7. The summed E-state index contributed by atoms with van der Waals surface area (Å²) in [5.74, 6) is -3.77. The number of ketones is 1. The molecule has 1 aromatic rings. The highest BCUT2D eigenvalue weighted by atomic mass is 16.5. The number of carboxylic acid groups (broad SMARTS) is 1. The summed E-state index contributed by atoms with van der Waals surface area (Å²) in [4.78, 5) is 59.7. The van der Waals surface area contributed by atoms with E-state index in [2.05, 4.69) is 15.4 Å². The highest BCUT2D eigenvalue weighted by molar-refractivity contribution is 5.95. The van der Waals surface area contributed by atoms with Gasteiger partial charge in [-0.3, -0.25) is 24.0 Å². The van der Waals surface area contributed by atoms with Gasteiger partial charge in [0.25, 0.3) is 0 Å². The predicted octanol–water partition coefficient (Wildman–Crippen LogP) is 0.779. The summed E-state index contributed by atoms with van der Waals surface area (Å²) in [6.07, 6.45) is -0.726. The molecule has 2 atom stereocenters. The predicted molar refractivity (Wildman–Crippen MR) is 114 cm³/mol. The standard InChI is InChI=1S/C22H30N2O8/c1-12(2)21(24-19(27)9-15-8-13(3)6-7-18(15)31-5)22(30)23-16(10-20(28)29)17(26)11-32-14(4)25/h6-8,12,16,21H,9-11H2,1-5H3,(H,23,30)(H,24,27)(H,28,29). The maximum Gasteiger partial charge on any atom is 0.305 e. The molecule has 10 nitrogen and oxygen atoms in total. The Morgan fingerprint density at radius 2 is 1.75 bits per heavy atom. The zero-order valence-corrected chi connectivity index (χ0v) is 18.9. The van der Waals surface area contributed by atoms with Crippen molar-refractivity contribution in [3.05, 3.63) is 29.3 Å². The third-order valence-corrected chi connectivity index (χ3v) is 4.55. The maximum absolute atomic E-state index is 12.8. The second kappa shape index (κ2) is 12.4. The molecule has 10 heteroatoms. The number of rotatable bonds is 12. The number of Topliss-reactive ketones (excluding diaryl/α,β-unsaturated/α-hetero) is 1. The van der Waals surface area contributed by atoms with Crippen molar-refractivity contribution < 1.29 is 38.6 Å². The smallest absolute Gasteiger partial charge is 0.305 e. The molecule has 0 radical (unpaired) electrons. The van der Waals surface area contributed by atoms with Crippen molar-refractivity contribution in [2.45, 2.75) is 52.6 Å². The van der Waals surface area contributed by atoms with Gasteiger partial charge in [0.1, 0.15) is 17.8 Å². The van der Waals surface area contributed by atoms with Gasteiger partial charge in [-0.15, -0.1) is 0 Å². The summed E-state index contributed by atoms with van der Waals surface area (Å²) in [6, 6.07) is 2.97. The van der Waals surface area contributed by atoms with Crippen LogP contribution in [-0.2, 0) is 35.1 Å². The van der Waals surface area contributed by atoms with Crippen LogP contribution < -0.4 is 15.4 Å². The van der Waals surface area contributed by atoms with Gasteiger partial charge in [0, 0.05) is 12.5 Å². The lowest BCUT2D eigenvalue weighted by atomic mass is 10.0. The lowest BCUT2D eigenvalue weighted by molar-refractivity contribution is -0.147. The van der Waals surface area contributed by atoms with Crippen LogP contribution >= 0.6 is 0 Å². The molecule has 2 amide bonds. The first-order valence-corrected chi connectivity index (χ1v) is 10.1. The fourth-order valence-electron chi connectivity index (χ4n) is 2.93. The van der Waals surface area contributed by atoms with Gasteiger partial charge in [-0.2, -0.15) is 0 Å². The zero-order chi connectivity index (χ0) is 24.4. The van der Waals surface area contributed by atoms with Crippen molar-refractivity contribution in [3.8, 4) is 5.75 Å². The van der Waals surface area contributed by atoms with Crippen molar-refractivity contribution in [2.75, 3.05) is 13.7 Å². The Labute approximate surface area is 186 Å². The normalized spacial score (nSPS) is 12.4. The van der Waals surface area contributed by atoms with Crippen LogP contribution in [-0.4, -0.2) is 60.4 Å². The minimum atomic E-state index is -1.41. The molecule has 0 aromatic heterocycles. The van der Waals surface area contributed by atoms with Crippen molar-refractivity contribution in [2.24, 2.45) is 5.92 Å². The number of aryl methyl sites for hydroxylation is 1. The Bertz CT molecular complexity index is 865. The monoisotopic (exact) mass is 450 g/mol. The Morgan fingerprint density at radius 3 is 2.28 bits per heavy atom. The van der Waals surface area contributed by atoms with Crippen LogP contribution in [0.4, 0.5) is 0 Å². The van der Waals surface area contributed by atoms with Gasteiger partial charge in [0.15, 0.2) is 12.4 Å². The van der Waals surface area contributed by atoms with Gasteiger partial charge in [-0.25, -0.2) is 0 Å². The van der Waals surface area contributed by atoms with E-state index in [1.165, 1.54) is 7.11 Å². The Kier molecular flexibility index (Phi) is 10.3. The molecule has 0 aliphatic carbocycles. The van der Waals surface area contributed by atoms with Gasteiger partial charge >= 0.3 is 11.9 Å². The molecule has 0 saturated heterocycles. The number of esters is 1. The number of carbonyl (C=O) groups is 5. The van der Waals surface area contributed by atoms with Crippen LogP contribution in [0.2, 0.25) is 0 Å². The van der Waals surface area contributed by atoms with Crippen LogP contribution in [0.25, 0.3) is 0 Å². The summed E-state index contributed by atoms with van der Waals surface area (Å²) < 4.78 is 9.87. The van der Waals surface area contributed by atoms with Crippen molar-refractivity contribution >= 4 is 29.5 Å². The topological polar surface area (TPSA) is 148 Å². The highest BCUT2D eigenvalue weighted by Gasteiger charge is 2.30. The van der Waals surface area contributed by atoms with Crippen LogP contribution in [0.15, 0.2) is 18.2 Å². The van der Waals surface area contributed by atoms with E-state index in [0.29, 0.717) is 11.3 Å². The van der Waals surface area contributed by atoms with Gasteiger partial charge in [-0.1, -0.05) is 31.5 Å². The second-order valence-corrected chi connectivity index (χ2v) is 7.69. The molecule has 0 fully saturated rings. The van der Waals surface area contributed by atoms with E-state index in [-0.39, 0.29) is 12.3 Å². The molecule has 0 aliphatic heterocycles. The summed E-state index contributed by atoms with van der Waals surface area (Å²) in [5.41, 5.74) is 1.59. The fourth-order valence-corrected chi connectivity index (χ4v) is 2.93. The lowest BCUT2D eigenvalue weighted by Gasteiger charge is -2.24. The summed E-state index contributed by atoms with van der Waals surface area (Å²) in [5, 5.41) is 14.0. The third-order valence-electron chi connectivity index (χ3n) is 4.55. The van der Waals surface area contributed by atoms with Crippen molar-refractivity contribution in [1.29, 1.82) is 0 Å². The van der Waals surface area contributed by atoms with Crippen LogP contribution in [0, 0.1) is 12.8 Å². The van der Waals surface area contributed by atoms with Crippen LogP contribution in [0.1, 0.15) is 38.3 Å². The average molecular weight is 450 g/mol. The first-order chi connectivity index (χ1) is 14.9. The van der Waals surface area contributed by atoms with Gasteiger partial charge in [0.2, 0.25) is 11.8 Å². The SMILES string of the molecule is COc1ccc(C)cc1CC(=O)NC(C(=O)NC(CC(=O)O)C(=O)COC(C)=O)C(C)C. The fraction of sp³-hybridized carbons (Fsp3) is 0.500. The largest absolute Gasteiger partial charge is 0.496 e. The molecular weight excluding hydrogens is 420 g/mol. The van der Waals surface area contributed by atoms with E-state index in [1.54, 1.807) is 26.0 Å². The summed E-state index contributed by atoms with van der Waals surface area (Å²) >= 11 is 0. The number of ether oxygens (including phenoxy) is 2. The van der Waals surface area contributed by atoms with Gasteiger partial charge < -0.3 is 25.2 Å². The highest BCUT2D eigenvalue weighted by Crippen LogP contribution is 2.20. The Balaban J connectivity index is 2.92. The third kappa shape index (κ3) is 8.75. The van der Waals surface area contributed by atoms with Crippen molar-refractivity contribution in [1.82, 2.24) is 10.6 Å². The number of nitrogens with one attached hydrogen (secondary N) is 2. The molecule has 0 spiro atoms. The van der Waals surface area contributed by atoms with E-state index in [4.69, 9.17) is 9.84 Å². The number of benzene rings is 1. The molecule has 0 saturated carbocycles. The molecule has 1 rings (SSSR count). The second-order valence-electron chi connectivity index (χ2n) is 7.69. The molecule has 1 aromatic carbocycles. The van der Waals surface area contributed by atoms with Crippen molar-refractivity contribution in [3.63, 3.8) is 0 Å². The molecule has 2 unspecified atom stereocenters. The maximum atomic E-state index is 12.8. The number of hydrogen-bond donors (Lipinski definition) is 3. The first kappa shape index (κ1) is 26.6. The van der Waals surface area contributed by atoms with E-state index in [9.17, 15) is 24.0 Å². The first-order valence-electron chi connectivity index (χ1n) is 10.1. The molecule has 0 aliphatic rings. The number of aliphatic carboxylic acids is 1.